The van der Waals surface area contributed by atoms with Gasteiger partial charge in [0.05, 0.1) is 28.1 Å². The normalized spacial score (nSPS) is 16.5. The third-order valence-electron chi connectivity index (χ3n) is 5.72. The van der Waals surface area contributed by atoms with Crippen LogP contribution in [-0.2, 0) is 24.2 Å². The largest absolute Gasteiger partial charge is 0.370 e. The van der Waals surface area contributed by atoms with Gasteiger partial charge in [-0.2, -0.15) is 0 Å². The number of nitrogens with one attached hydrogen (secondary N) is 1. The average Bonchev–Trinajstić information content (AvgIpc) is 3.09. The van der Waals surface area contributed by atoms with Crippen LogP contribution in [0.5, 0.6) is 0 Å². The summed E-state index contributed by atoms with van der Waals surface area (Å²) in [4.78, 5) is 15.2. The van der Waals surface area contributed by atoms with E-state index < -0.39 is 0 Å². The topological polar surface area (TPSA) is 59.9 Å². The number of hydrogen-bond donors (Lipinski definition) is 1. The number of anilines is 1. The molecule has 1 atom stereocenters. The number of thiophene rings is 1. The molecule has 0 bridgehead atoms. The van der Waals surface area contributed by atoms with Crippen molar-refractivity contribution >= 4 is 37.6 Å². The lowest BCUT2D eigenvalue weighted by atomic mass is 9.95. The SMILES string of the molecule is C[C@H](CCc1ccccc1)Nc1ncnc2c1sc1nc3c(cc12)COC(C)(C)C3. The molecule has 6 heteroatoms. The number of benzene rings is 1. The van der Waals surface area contributed by atoms with E-state index in [0.29, 0.717) is 12.6 Å². The van der Waals surface area contributed by atoms with Crippen LogP contribution in [0.3, 0.4) is 0 Å². The molecule has 5 rings (SSSR count). The van der Waals surface area contributed by atoms with Gasteiger partial charge in [0.2, 0.25) is 0 Å². The van der Waals surface area contributed by atoms with Gasteiger partial charge in [-0.3, -0.25) is 0 Å². The second-order valence-electron chi connectivity index (χ2n) is 8.74. The molecule has 1 aliphatic heterocycles. The molecule has 0 radical (unpaired) electrons. The monoisotopic (exact) mass is 418 g/mol. The van der Waals surface area contributed by atoms with Crippen molar-refractivity contribution in [1.29, 1.82) is 0 Å². The van der Waals surface area contributed by atoms with Crippen LogP contribution in [0.4, 0.5) is 5.82 Å². The summed E-state index contributed by atoms with van der Waals surface area (Å²) < 4.78 is 7.07. The Hall–Kier alpha value is -2.57. The van der Waals surface area contributed by atoms with Crippen molar-refractivity contribution in [3.05, 3.63) is 59.5 Å². The van der Waals surface area contributed by atoms with Crippen molar-refractivity contribution < 1.29 is 4.74 Å². The van der Waals surface area contributed by atoms with Gasteiger partial charge in [0, 0.05) is 23.4 Å². The van der Waals surface area contributed by atoms with Crippen molar-refractivity contribution in [2.75, 3.05) is 5.32 Å². The van der Waals surface area contributed by atoms with E-state index in [-0.39, 0.29) is 5.60 Å². The van der Waals surface area contributed by atoms with Gasteiger partial charge in [-0.25, -0.2) is 15.0 Å². The molecule has 3 aromatic heterocycles. The quantitative estimate of drug-likeness (QED) is 0.462. The van der Waals surface area contributed by atoms with Crippen LogP contribution in [0, 0.1) is 0 Å². The minimum atomic E-state index is -0.162. The average molecular weight is 419 g/mol. The molecular formula is C24H26N4OS. The summed E-state index contributed by atoms with van der Waals surface area (Å²) in [5, 5.41) is 4.70. The van der Waals surface area contributed by atoms with Crippen LogP contribution in [0.1, 0.15) is 44.0 Å². The van der Waals surface area contributed by atoms with E-state index in [1.54, 1.807) is 17.7 Å². The third kappa shape index (κ3) is 3.77. The molecule has 4 aromatic rings. The molecule has 0 saturated carbocycles. The Bertz CT molecular complexity index is 1200. The van der Waals surface area contributed by atoms with E-state index >= 15 is 0 Å². The first-order valence-corrected chi connectivity index (χ1v) is 11.3. The van der Waals surface area contributed by atoms with Gasteiger partial charge in [-0.1, -0.05) is 30.3 Å². The van der Waals surface area contributed by atoms with Gasteiger partial charge in [0.25, 0.3) is 0 Å². The fourth-order valence-electron chi connectivity index (χ4n) is 4.02. The fraction of sp³-hybridized carbons (Fsp3) is 0.375. The number of fused-ring (bicyclic) bond motifs is 4. The molecule has 0 amide bonds. The van der Waals surface area contributed by atoms with Crippen molar-refractivity contribution in [1.82, 2.24) is 15.0 Å². The Morgan fingerprint density at radius 2 is 2.03 bits per heavy atom. The lowest BCUT2D eigenvalue weighted by molar-refractivity contribution is -0.0411. The highest BCUT2D eigenvalue weighted by Crippen LogP contribution is 2.38. The molecule has 1 N–H and O–H groups in total. The zero-order valence-electron chi connectivity index (χ0n) is 17.6. The van der Waals surface area contributed by atoms with Crippen LogP contribution in [-0.4, -0.2) is 26.6 Å². The first kappa shape index (κ1) is 19.4. The molecular weight excluding hydrogens is 392 g/mol. The highest BCUT2D eigenvalue weighted by molar-refractivity contribution is 7.25. The number of pyridine rings is 1. The lowest BCUT2D eigenvalue weighted by Crippen LogP contribution is -2.32. The van der Waals surface area contributed by atoms with Gasteiger partial charge in [-0.15, -0.1) is 11.3 Å². The Labute approximate surface area is 180 Å². The van der Waals surface area contributed by atoms with E-state index in [1.165, 1.54) is 11.1 Å². The van der Waals surface area contributed by atoms with E-state index in [9.17, 15) is 0 Å². The van der Waals surface area contributed by atoms with E-state index in [1.807, 2.05) is 0 Å². The van der Waals surface area contributed by atoms with Crippen LogP contribution in [0.25, 0.3) is 20.4 Å². The van der Waals surface area contributed by atoms with Crippen molar-refractivity contribution in [3.63, 3.8) is 0 Å². The summed E-state index contributed by atoms with van der Waals surface area (Å²) in [5.41, 5.74) is 4.49. The third-order valence-corrected chi connectivity index (χ3v) is 6.81. The molecule has 0 spiro atoms. The standard InChI is InChI=1S/C24H26N4OS/c1-15(9-10-16-7-5-4-6-8-16)27-22-21-20(25-14-26-22)18-11-17-13-29-24(2,3)12-19(17)28-23(18)30-21/h4-8,11,14-15H,9-10,12-13H2,1-3H3,(H,25,26,27)/t15-/m1/s1. The lowest BCUT2D eigenvalue weighted by Gasteiger charge is -2.30. The van der Waals surface area contributed by atoms with Gasteiger partial charge in [0.15, 0.2) is 0 Å². The van der Waals surface area contributed by atoms with Gasteiger partial charge < -0.3 is 10.1 Å². The second-order valence-corrected chi connectivity index (χ2v) is 9.74. The fourth-order valence-corrected chi connectivity index (χ4v) is 5.10. The molecule has 0 aliphatic carbocycles. The van der Waals surface area contributed by atoms with Crippen LogP contribution < -0.4 is 5.32 Å². The highest BCUT2D eigenvalue weighted by atomic mass is 32.1. The smallest absolute Gasteiger partial charge is 0.147 e. The summed E-state index contributed by atoms with van der Waals surface area (Å²) in [5.74, 6) is 0.901. The predicted octanol–water partition coefficient (Wildman–Crippen LogP) is 5.52. The summed E-state index contributed by atoms with van der Waals surface area (Å²) >= 11 is 1.68. The van der Waals surface area contributed by atoms with Gasteiger partial charge in [-0.05, 0) is 45.2 Å². The van der Waals surface area contributed by atoms with Crippen molar-refractivity contribution in [3.8, 4) is 0 Å². The first-order chi connectivity index (χ1) is 14.5. The summed E-state index contributed by atoms with van der Waals surface area (Å²) in [6, 6.07) is 13.1. The Morgan fingerprint density at radius 1 is 1.20 bits per heavy atom. The van der Waals surface area contributed by atoms with Gasteiger partial charge >= 0.3 is 0 Å². The van der Waals surface area contributed by atoms with Crippen molar-refractivity contribution in [2.45, 2.75) is 58.3 Å². The number of aromatic nitrogens is 3. The number of rotatable bonds is 5. The van der Waals surface area contributed by atoms with Crippen molar-refractivity contribution in [2.24, 2.45) is 0 Å². The van der Waals surface area contributed by atoms with Crippen LogP contribution in [0.2, 0.25) is 0 Å². The molecule has 0 fully saturated rings. The molecule has 0 saturated heterocycles. The molecule has 1 aromatic carbocycles. The predicted molar refractivity (Wildman–Crippen MR) is 123 cm³/mol. The summed E-state index contributed by atoms with van der Waals surface area (Å²) in [7, 11) is 0. The Balaban J connectivity index is 1.43. The zero-order chi connectivity index (χ0) is 20.7. The summed E-state index contributed by atoms with van der Waals surface area (Å²) in [6.07, 6.45) is 4.57. The molecule has 1 aliphatic rings. The second kappa shape index (κ2) is 7.60. The minimum absolute atomic E-state index is 0.162. The number of ether oxygens (including phenoxy) is 1. The molecule has 4 heterocycles. The maximum Gasteiger partial charge on any atom is 0.147 e. The zero-order valence-corrected chi connectivity index (χ0v) is 18.4. The number of nitrogens with zero attached hydrogens (tertiary/aromatic N) is 3. The Morgan fingerprint density at radius 3 is 2.87 bits per heavy atom. The maximum absolute atomic E-state index is 5.99. The number of hydrogen-bond acceptors (Lipinski definition) is 6. The van der Waals surface area contributed by atoms with E-state index in [2.05, 4.69) is 72.5 Å². The maximum atomic E-state index is 5.99. The van der Waals surface area contributed by atoms with Crippen LogP contribution >= 0.6 is 11.3 Å². The van der Waals surface area contributed by atoms with E-state index in [0.717, 1.165) is 51.2 Å². The number of aryl methyl sites for hydroxylation is 1. The highest BCUT2D eigenvalue weighted by Gasteiger charge is 2.28. The molecule has 154 valence electrons. The Kier molecular flexibility index (Phi) is 4.91. The summed E-state index contributed by atoms with van der Waals surface area (Å²) in [6.45, 7) is 7.06. The molecule has 30 heavy (non-hydrogen) atoms. The molecule has 0 unspecified atom stereocenters. The van der Waals surface area contributed by atoms with E-state index in [4.69, 9.17) is 9.72 Å². The van der Waals surface area contributed by atoms with Crippen LogP contribution in [0.15, 0.2) is 42.7 Å². The minimum Gasteiger partial charge on any atom is -0.370 e. The van der Waals surface area contributed by atoms with Gasteiger partial charge in [0.1, 0.15) is 17.0 Å². The molecule has 5 nitrogen and oxygen atoms in total. The first-order valence-electron chi connectivity index (χ1n) is 10.5.